The number of nitrogens with zero attached hydrogens (tertiary/aromatic N) is 1. The highest BCUT2D eigenvalue weighted by Crippen LogP contribution is 2.26. The Morgan fingerprint density at radius 3 is 2.61 bits per heavy atom. The van der Waals surface area contributed by atoms with Crippen molar-refractivity contribution >= 4 is 23.6 Å². The summed E-state index contributed by atoms with van der Waals surface area (Å²) in [6.07, 6.45) is 3.69. The smallest absolute Gasteiger partial charge is 0.262 e. The summed E-state index contributed by atoms with van der Waals surface area (Å²) in [5.74, 6) is 1.45. The first kappa shape index (κ1) is 22.0. The second kappa shape index (κ2) is 11.5. The third kappa shape index (κ3) is 6.95. The van der Waals surface area contributed by atoms with Gasteiger partial charge in [0.2, 0.25) is 0 Å². The van der Waals surface area contributed by atoms with Gasteiger partial charge in [-0.3, -0.25) is 4.79 Å². The highest BCUT2D eigenvalue weighted by atomic mass is 35.5. The molecule has 7 heteroatoms. The van der Waals surface area contributed by atoms with E-state index >= 15 is 0 Å². The van der Waals surface area contributed by atoms with Gasteiger partial charge >= 0.3 is 0 Å². The molecule has 158 valence electrons. The SMILES string of the molecule is N#CC(=Cc1ccc(OCCCOc2ccccc2)c(Cl)c1)C(=O)NCc1ccco1. The van der Waals surface area contributed by atoms with Crippen molar-refractivity contribution in [2.45, 2.75) is 13.0 Å². The standard InChI is InChI=1S/C24H21ClN2O4/c25-22-15-18(14-19(16-26)24(28)27-17-21-8-4-11-30-21)9-10-23(22)31-13-5-12-29-20-6-2-1-3-7-20/h1-4,6-11,14-15H,5,12-13,17H2,(H,27,28). The first-order valence-electron chi connectivity index (χ1n) is 9.68. The van der Waals surface area contributed by atoms with E-state index in [0.29, 0.717) is 41.7 Å². The summed E-state index contributed by atoms with van der Waals surface area (Å²) in [5, 5.41) is 12.4. The number of carbonyl (C=O) groups excluding carboxylic acids is 1. The van der Waals surface area contributed by atoms with Crippen molar-refractivity contribution in [3.63, 3.8) is 0 Å². The van der Waals surface area contributed by atoms with Crippen molar-refractivity contribution in [3.8, 4) is 17.6 Å². The molecule has 0 saturated carbocycles. The molecular weight excluding hydrogens is 416 g/mol. The highest BCUT2D eigenvalue weighted by Gasteiger charge is 2.10. The maximum atomic E-state index is 12.2. The quantitative estimate of drug-likeness (QED) is 0.274. The van der Waals surface area contributed by atoms with Crippen LogP contribution in [-0.2, 0) is 11.3 Å². The second-order valence-electron chi connectivity index (χ2n) is 6.49. The Hall–Kier alpha value is -3.69. The summed E-state index contributed by atoms with van der Waals surface area (Å²) in [6.45, 7) is 1.17. The Labute approximate surface area is 185 Å². The van der Waals surface area contributed by atoms with Gasteiger partial charge in [-0.2, -0.15) is 5.26 Å². The maximum absolute atomic E-state index is 12.2. The minimum atomic E-state index is -0.492. The summed E-state index contributed by atoms with van der Waals surface area (Å²) < 4.78 is 16.5. The molecule has 0 fully saturated rings. The lowest BCUT2D eigenvalue weighted by atomic mass is 10.1. The van der Waals surface area contributed by atoms with Gasteiger partial charge in [0.1, 0.15) is 28.9 Å². The summed E-state index contributed by atoms with van der Waals surface area (Å²) >= 11 is 6.29. The van der Waals surface area contributed by atoms with Crippen LogP contribution < -0.4 is 14.8 Å². The number of hydrogen-bond acceptors (Lipinski definition) is 5. The van der Waals surface area contributed by atoms with E-state index in [-0.39, 0.29) is 12.1 Å². The van der Waals surface area contributed by atoms with Crippen molar-refractivity contribution in [1.29, 1.82) is 5.26 Å². The highest BCUT2D eigenvalue weighted by molar-refractivity contribution is 6.32. The molecule has 3 rings (SSSR count). The van der Waals surface area contributed by atoms with Gasteiger partial charge in [0.05, 0.1) is 31.0 Å². The Bertz CT molecular complexity index is 1060. The number of benzene rings is 2. The summed E-state index contributed by atoms with van der Waals surface area (Å²) in [7, 11) is 0. The molecule has 1 aromatic heterocycles. The van der Waals surface area contributed by atoms with Gasteiger partial charge in [-0.15, -0.1) is 0 Å². The Kier molecular flexibility index (Phi) is 8.15. The number of nitriles is 1. The molecule has 0 radical (unpaired) electrons. The normalized spacial score (nSPS) is 10.9. The third-order valence-electron chi connectivity index (χ3n) is 4.19. The van der Waals surface area contributed by atoms with Crippen LogP contribution >= 0.6 is 11.6 Å². The fraction of sp³-hybridized carbons (Fsp3) is 0.167. The minimum Gasteiger partial charge on any atom is -0.493 e. The molecule has 2 aromatic carbocycles. The number of ether oxygens (including phenoxy) is 2. The number of carbonyl (C=O) groups is 1. The van der Waals surface area contributed by atoms with Gasteiger partial charge in [0.15, 0.2) is 0 Å². The van der Waals surface area contributed by atoms with Crippen molar-refractivity contribution < 1.29 is 18.7 Å². The van der Waals surface area contributed by atoms with Crippen LogP contribution in [0.4, 0.5) is 0 Å². The molecule has 31 heavy (non-hydrogen) atoms. The van der Waals surface area contributed by atoms with Crippen molar-refractivity contribution in [3.05, 3.63) is 88.8 Å². The molecule has 0 spiro atoms. The van der Waals surface area contributed by atoms with Crippen molar-refractivity contribution in [1.82, 2.24) is 5.32 Å². The number of halogens is 1. The molecule has 0 aliphatic rings. The van der Waals surface area contributed by atoms with E-state index in [4.69, 9.17) is 25.5 Å². The largest absolute Gasteiger partial charge is 0.493 e. The number of nitrogens with one attached hydrogen (secondary N) is 1. The van der Waals surface area contributed by atoms with Crippen LogP contribution in [-0.4, -0.2) is 19.1 Å². The number of amides is 1. The van der Waals surface area contributed by atoms with Crippen LogP contribution in [0.15, 0.2) is 76.9 Å². The number of para-hydroxylation sites is 1. The predicted molar refractivity (Wildman–Crippen MR) is 118 cm³/mol. The fourth-order valence-electron chi connectivity index (χ4n) is 2.66. The molecule has 0 saturated heterocycles. The monoisotopic (exact) mass is 436 g/mol. The first-order valence-corrected chi connectivity index (χ1v) is 10.1. The molecule has 1 heterocycles. The maximum Gasteiger partial charge on any atom is 0.262 e. The fourth-order valence-corrected chi connectivity index (χ4v) is 2.91. The lowest BCUT2D eigenvalue weighted by Crippen LogP contribution is -2.23. The van der Waals surface area contributed by atoms with Gasteiger partial charge in [-0.1, -0.05) is 35.9 Å². The van der Waals surface area contributed by atoms with Gasteiger partial charge in [0.25, 0.3) is 5.91 Å². The molecule has 0 bridgehead atoms. The molecule has 1 amide bonds. The van der Waals surface area contributed by atoms with Crippen LogP contribution in [0.2, 0.25) is 5.02 Å². The van der Waals surface area contributed by atoms with Crippen LogP contribution in [0.1, 0.15) is 17.7 Å². The first-order chi connectivity index (χ1) is 15.2. The number of rotatable bonds is 10. The predicted octanol–water partition coefficient (Wildman–Crippen LogP) is 5.00. The lowest BCUT2D eigenvalue weighted by molar-refractivity contribution is -0.117. The number of hydrogen-bond donors (Lipinski definition) is 1. The van der Waals surface area contributed by atoms with Crippen molar-refractivity contribution in [2.75, 3.05) is 13.2 Å². The molecule has 3 aromatic rings. The molecular formula is C24H21ClN2O4. The Morgan fingerprint density at radius 2 is 1.90 bits per heavy atom. The van der Waals surface area contributed by atoms with Gasteiger partial charge < -0.3 is 19.2 Å². The van der Waals surface area contributed by atoms with E-state index in [2.05, 4.69) is 5.32 Å². The molecule has 0 aliphatic carbocycles. The van der Waals surface area contributed by atoms with Crippen LogP contribution in [0.25, 0.3) is 6.08 Å². The van der Waals surface area contributed by atoms with Crippen LogP contribution in [0, 0.1) is 11.3 Å². The average Bonchev–Trinajstić information content (AvgIpc) is 3.31. The summed E-state index contributed by atoms with van der Waals surface area (Å²) in [4.78, 5) is 12.2. The molecule has 1 N–H and O–H groups in total. The van der Waals surface area contributed by atoms with Crippen LogP contribution in [0.5, 0.6) is 11.5 Å². The second-order valence-corrected chi connectivity index (χ2v) is 6.89. The Morgan fingerprint density at radius 1 is 1.10 bits per heavy atom. The molecule has 0 atom stereocenters. The minimum absolute atomic E-state index is 0.0330. The zero-order chi connectivity index (χ0) is 21.9. The zero-order valence-corrected chi connectivity index (χ0v) is 17.5. The van der Waals surface area contributed by atoms with E-state index in [1.165, 1.54) is 12.3 Å². The topological polar surface area (TPSA) is 84.5 Å². The molecule has 6 nitrogen and oxygen atoms in total. The summed E-state index contributed by atoms with van der Waals surface area (Å²) in [6, 6.07) is 20.0. The van der Waals surface area contributed by atoms with Crippen LogP contribution in [0.3, 0.4) is 0 Å². The van der Waals surface area contributed by atoms with Gasteiger partial charge in [0, 0.05) is 6.42 Å². The molecule has 0 unspecified atom stereocenters. The van der Waals surface area contributed by atoms with Crippen molar-refractivity contribution in [2.24, 2.45) is 0 Å². The molecule has 0 aliphatic heterocycles. The average molecular weight is 437 g/mol. The van der Waals surface area contributed by atoms with E-state index < -0.39 is 5.91 Å². The van der Waals surface area contributed by atoms with E-state index in [9.17, 15) is 10.1 Å². The number of furan rings is 1. The van der Waals surface area contributed by atoms with E-state index in [1.807, 2.05) is 36.4 Å². The van der Waals surface area contributed by atoms with E-state index in [0.717, 1.165) is 5.75 Å². The summed E-state index contributed by atoms with van der Waals surface area (Å²) in [5.41, 5.74) is 0.587. The van der Waals surface area contributed by atoms with E-state index in [1.54, 1.807) is 30.3 Å². The lowest BCUT2D eigenvalue weighted by Gasteiger charge is -2.10. The van der Waals surface area contributed by atoms with Gasteiger partial charge in [-0.05, 0) is 48.0 Å². The third-order valence-corrected chi connectivity index (χ3v) is 4.49. The van der Waals surface area contributed by atoms with Gasteiger partial charge in [-0.25, -0.2) is 0 Å². The zero-order valence-electron chi connectivity index (χ0n) is 16.7. The Balaban J connectivity index is 1.50.